The van der Waals surface area contributed by atoms with Gasteiger partial charge in [0.25, 0.3) is 0 Å². The average molecular weight is 353 g/mol. The largest absolute Gasteiger partial charge is 0.494 e. The maximum atomic E-state index is 6.00. The Morgan fingerprint density at radius 2 is 1.52 bits per heavy atom. The highest BCUT2D eigenvalue weighted by Crippen LogP contribution is 2.37. The Kier molecular flexibility index (Phi) is 10.7. The van der Waals surface area contributed by atoms with E-state index in [0.29, 0.717) is 13.2 Å². The Bertz CT molecular complexity index is 603. The van der Waals surface area contributed by atoms with Gasteiger partial charge in [-0.3, -0.25) is 0 Å². The molecule has 124 valence electrons. The number of aryl methyl sites for hydroxylation is 1. The third-order valence-corrected chi connectivity index (χ3v) is 3.82. The SMILES string of the molecule is CCOc1ccc(OCC)c(Sc2ccc(C)cc2)c1.Cl.N#N. The zero-order valence-electron chi connectivity index (χ0n) is 13.5. The number of rotatable bonds is 6. The summed E-state index contributed by atoms with van der Waals surface area (Å²) in [5, 5.41) is 12.0. The quantitative estimate of drug-likeness (QED) is 0.651. The van der Waals surface area contributed by atoms with Gasteiger partial charge in [0, 0.05) is 15.7 Å². The van der Waals surface area contributed by atoms with Gasteiger partial charge in [0.2, 0.25) is 0 Å². The molecule has 0 saturated heterocycles. The van der Waals surface area contributed by atoms with Crippen LogP contribution in [0.3, 0.4) is 0 Å². The fourth-order valence-electron chi connectivity index (χ4n) is 1.83. The number of ether oxygens (including phenoxy) is 2. The summed E-state index contributed by atoms with van der Waals surface area (Å²) in [6.45, 7) is 7.41. The molecule has 0 bridgehead atoms. The Morgan fingerprint density at radius 3 is 2.09 bits per heavy atom. The van der Waals surface area contributed by atoms with Crippen LogP contribution in [0.25, 0.3) is 0 Å². The molecule has 0 atom stereocenters. The lowest BCUT2D eigenvalue weighted by Crippen LogP contribution is -1.96. The Labute approximate surface area is 148 Å². The summed E-state index contributed by atoms with van der Waals surface area (Å²) in [6.07, 6.45) is 0. The molecular weight excluding hydrogens is 332 g/mol. The lowest BCUT2D eigenvalue weighted by atomic mass is 10.2. The van der Waals surface area contributed by atoms with Crippen LogP contribution >= 0.6 is 24.2 Å². The Hall–Kier alpha value is -1.90. The van der Waals surface area contributed by atoms with Crippen molar-refractivity contribution in [3.8, 4) is 11.5 Å². The van der Waals surface area contributed by atoms with Gasteiger partial charge >= 0.3 is 0 Å². The van der Waals surface area contributed by atoms with Crippen LogP contribution in [0.2, 0.25) is 0 Å². The van der Waals surface area contributed by atoms with Gasteiger partial charge < -0.3 is 9.47 Å². The van der Waals surface area contributed by atoms with E-state index in [4.69, 9.17) is 20.3 Å². The molecule has 2 rings (SSSR count). The molecule has 0 heterocycles. The molecule has 0 aromatic heterocycles. The smallest absolute Gasteiger partial charge is 0.133 e. The van der Waals surface area contributed by atoms with Crippen LogP contribution < -0.4 is 9.47 Å². The van der Waals surface area contributed by atoms with Crippen molar-refractivity contribution in [1.82, 2.24) is 0 Å². The minimum atomic E-state index is 0. The highest BCUT2D eigenvalue weighted by Gasteiger charge is 2.08. The predicted octanol–water partition coefficient (Wildman–Crippen LogP) is 5.40. The van der Waals surface area contributed by atoms with Crippen LogP contribution in [0.15, 0.2) is 52.3 Å². The van der Waals surface area contributed by atoms with Crippen molar-refractivity contribution in [2.24, 2.45) is 0 Å². The molecule has 0 fully saturated rings. The van der Waals surface area contributed by atoms with E-state index in [2.05, 4.69) is 31.2 Å². The molecule has 0 N–H and O–H groups in total. The molecule has 6 heteroatoms. The molecule has 4 nitrogen and oxygen atoms in total. The minimum absolute atomic E-state index is 0. The number of nitrogens with zero attached hydrogens (tertiary/aromatic N) is 2. The molecular formula is C17H21ClN2O2S. The van der Waals surface area contributed by atoms with E-state index in [-0.39, 0.29) is 12.4 Å². The molecule has 0 unspecified atom stereocenters. The van der Waals surface area contributed by atoms with E-state index in [0.717, 1.165) is 16.4 Å². The summed E-state index contributed by atoms with van der Waals surface area (Å²) in [7, 11) is 0. The number of halogens is 1. The van der Waals surface area contributed by atoms with Gasteiger partial charge in [-0.15, -0.1) is 12.4 Å². The monoisotopic (exact) mass is 352 g/mol. The first-order chi connectivity index (χ1) is 10.7. The molecule has 0 aliphatic rings. The van der Waals surface area contributed by atoms with Crippen LogP contribution in [-0.2, 0) is 0 Å². The van der Waals surface area contributed by atoms with E-state index in [1.807, 2.05) is 32.0 Å². The van der Waals surface area contributed by atoms with Crippen LogP contribution in [0.1, 0.15) is 19.4 Å². The second kappa shape index (κ2) is 11.6. The molecule has 2 aromatic carbocycles. The van der Waals surface area contributed by atoms with Gasteiger partial charge in [-0.25, -0.2) is 0 Å². The molecule has 0 radical (unpaired) electrons. The first kappa shape index (κ1) is 21.1. The van der Waals surface area contributed by atoms with E-state index in [1.165, 1.54) is 10.5 Å². The van der Waals surface area contributed by atoms with Crippen molar-refractivity contribution in [2.45, 2.75) is 30.6 Å². The summed E-state index contributed by atoms with van der Waals surface area (Å²) in [5.41, 5.74) is 1.27. The Balaban J connectivity index is 0.00000155. The summed E-state index contributed by atoms with van der Waals surface area (Å²) in [5.74, 6) is 1.78. The summed E-state index contributed by atoms with van der Waals surface area (Å²) < 4.78 is 11.3. The van der Waals surface area contributed by atoms with Gasteiger partial charge in [-0.05, 0) is 51.1 Å². The van der Waals surface area contributed by atoms with Crippen molar-refractivity contribution in [3.05, 3.63) is 48.0 Å². The lowest BCUT2D eigenvalue weighted by Gasteiger charge is -2.12. The zero-order valence-corrected chi connectivity index (χ0v) is 15.1. The van der Waals surface area contributed by atoms with Crippen molar-refractivity contribution in [1.29, 1.82) is 10.8 Å². The number of benzene rings is 2. The van der Waals surface area contributed by atoms with Gasteiger partial charge in [0.05, 0.1) is 18.1 Å². The molecule has 0 aliphatic carbocycles. The Morgan fingerprint density at radius 1 is 0.913 bits per heavy atom. The second-order valence-electron chi connectivity index (χ2n) is 4.39. The summed E-state index contributed by atoms with van der Waals surface area (Å²) in [4.78, 5) is 2.28. The molecule has 23 heavy (non-hydrogen) atoms. The lowest BCUT2D eigenvalue weighted by molar-refractivity contribution is 0.323. The first-order valence-electron chi connectivity index (χ1n) is 7.07. The molecule has 0 saturated carbocycles. The zero-order chi connectivity index (χ0) is 16.4. The fraction of sp³-hybridized carbons (Fsp3) is 0.294. The third-order valence-electron chi connectivity index (χ3n) is 2.77. The van der Waals surface area contributed by atoms with Crippen molar-refractivity contribution in [2.75, 3.05) is 13.2 Å². The van der Waals surface area contributed by atoms with Crippen molar-refractivity contribution < 1.29 is 9.47 Å². The molecule has 0 spiro atoms. The van der Waals surface area contributed by atoms with Gasteiger partial charge in [-0.1, -0.05) is 29.5 Å². The van der Waals surface area contributed by atoms with Crippen LogP contribution in [0, 0.1) is 17.7 Å². The van der Waals surface area contributed by atoms with E-state index in [9.17, 15) is 0 Å². The maximum Gasteiger partial charge on any atom is 0.133 e. The van der Waals surface area contributed by atoms with Gasteiger partial charge in [0.1, 0.15) is 11.5 Å². The molecule has 0 aliphatic heterocycles. The average Bonchev–Trinajstić information content (AvgIpc) is 2.54. The summed E-state index contributed by atoms with van der Waals surface area (Å²) >= 11 is 1.70. The van der Waals surface area contributed by atoms with Crippen molar-refractivity contribution in [3.63, 3.8) is 0 Å². The molecule has 2 aromatic rings. The highest BCUT2D eigenvalue weighted by atomic mass is 35.5. The highest BCUT2D eigenvalue weighted by molar-refractivity contribution is 7.99. The number of hydrogen-bond donors (Lipinski definition) is 0. The van der Waals surface area contributed by atoms with Gasteiger partial charge in [0.15, 0.2) is 0 Å². The van der Waals surface area contributed by atoms with Crippen molar-refractivity contribution >= 4 is 24.2 Å². The second-order valence-corrected chi connectivity index (χ2v) is 5.51. The number of hydrogen-bond acceptors (Lipinski definition) is 5. The first-order valence-corrected chi connectivity index (χ1v) is 7.88. The van der Waals surface area contributed by atoms with E-state index < -0.39 is 0 Å². The van der Waals surface area contributed by atoms with Crippen LogP contribution in [0.5, 0.6) is 11.5 Å². The standard InChI is InChI=1S/C17H20O2S.ClH.N2/c1-4-18-14-8-11-16(19-5-2)17(12-14)20-15-9-6-13(3)7-10-15;;1-2/h6-12H,4-5H2,1-3H3;1H;. The van der Waals surface area contributed by atoms with Crippen LogP contribution in [-0.4, -0.2) is 13.2 Å². The summed E-state index contributed by atoms with van der Waals surface area (Å²) in [6, 6.07) is 14.5. The van der Waals surface area contributed by atoms with E-state index >= 15 is 0 Å². The van der Waals surface area contributed by atoms with Crippen LogP contribution in [0.4, 0.5) is 0 Å². The maximum absolute atomic E-state index is 6.00. The normalized spacial score (nSPS) is 9.09. The molecule has 0 amide bonds. The topological polar surface area (TPSA) is 66.0 Å². The van der Waals surface area contributed by atoms with Gasteiger partial charge in [-0.2, -0.15) is 0 Å². The predicted molar refractivity (Wildman–Crippen MR) is 94.8 cm³/mol. The van der Waals surface area contributed by atoms with E-state index in [1.54, 1.807) is 11.8 Å². The third kappa shape index (κ3) is 6.81. The minimum Gasteiger partial charge on any atom is -0.494 e. The fourth-order valence-corrected chi connectivity index (χ4v) is 2.76.